The Morgan fingerprint density at radius 1 is 0.825 bits per heavy atom. The van der Waals surface area contributed by atoms with Crippen LogP contribution >= 0.6 is 11.6 Å². The molecule has 0 aliphatic rings. The van der Waals surface area contributed by atoms with Crippen LogP contribution in [0.15, 0.2) is 114 Å². The second kappa shape index (κ2) is 13.1. The molecule has 4 nitrogen and oxygen atoms in total. The minimum atomic E-state index is -6.00. The van der Waals surface area contributed by atoms with Crippen molar-refractivity contribution in [2.75, 3.05) is 0 Å². The molecule has 10 heteroatoms. The normalized spacial score (nSPS) is 11.6. The van der Waals surface area contributed by atoms with Crippen molar-refractivity contribution in [2.45, 2.75) is 12.8 Å². The fourth-order valence-electron chi connectivity index (χ4n) is 3.84. The molecule has 0 spiro atoms. The molecule has 1 aromatic heterocycles. The van der Waals surface area contributed by atoms with Crippen molar-refractivity contribution in [3.63, 3.8) is 0 Å². The summed E-state index contributed by atoms with van der Waals surface area (Å²) < 4.78 is 50.6. The van der Waals surface area contributed by atoms with Crippen LogP contribution in [0.3, 0.4) is 0 Å². The van der Waals surface area contributed by atoms with Crippen LogP contribution in [0.25, 0.3) is 22.3 Å². The topological polar surface area (TPSA) is 53.4 Å². The van der Waals surface area contributed by atoms with Gasteiger partial charge < -0.3 is 26.4 Å². The van der Waals surface area contributed by atoms with Gasteiger partial charge in [-0.2, -0.15) is 0 Å². The Morgan fingerprint density at radius 3 is 2.10 bits per heavy atom. The lowest BCUT2D eigenvalue weighted by molar-refractivity contribution is -0.400. The number of nitrogens with one attached hydrogen (secondary N) is 1. The monoisotopic (exact) mass is 567 g/mol. The smallest absolute Gasteiger partial charge is 0.456 e. The minimum Gasteiger partial charge on any atom is -0.456 e. The molecule has 40 heavy (non-hydrogen) atoms. The van der Waals surface area contributed by atoms with Crippen LogP contribution < -0.4 is 15.1 Å². The van der Waals surface area contributed by atoms with Gasteiger partial charge in [-0.05, 0) is 42.3 Å². The molecule has 0 saturated heterocycles. The number of aryl methyl sites for hydroxylation is 1. The van der Waals surface area contributed by atoms with Crippen molar-refractivity contribution in [1.29, 1.82) is 0 Å². The first-order valence-electron chi connectivity index (χ1n) is 12.2. The molecule has 0 fully saturated rings. The maximum absolute atomic E-state index is 12.3. The van der Waals surface area contributed by atoms with Crippen molar-refractivity contribution in [3.8, 4) is 17.1 Å². The van der Waals surface area contributed by atoms with Crippen LogP contribution in [0, 0.1) is 0 Å². The Kier molecular flexibility index (Phi) is 9.40. The number of hydrogen-bond donors (Lipinski definition) is 1. The molecular formula is C30H23BClF4NO3. The van der Waals surface area contributed by atoms with E-state index in [1.165, 1.54) is 0 Å². The van der Waals surface area contributed by atoms with E-state index >= 15 is 0 Å². The highest BCUT2D eigenvalue weighted by Gasteiger charge is 2.20. The Bertz CT molecular complexity index is 1640. The zero-order valence-corrected chi connectivity index (χ0v) is 21.8. The van der Waals surface area contributed by atoms with E-state index in [1.54, 1.807) is 12.1 Å². The van der Waals surface area contributed by atoms with Crippen LogP contribution in [-0.2, 0) is 11.2 Å². The zero-order valence-electron chi connectivity index (χ0n) is 21.0. The number of carbonyl (C=O) groups excluding carboxylic acids is 1. The van der Waals surface area contributed by atoms with Gasteiger partial charge in [0.05, 0.1) is 11.5 Å². The molecule has 0 saturated carbocycles. The lowest BCUT2D eigenvalue weighted by atomic mass is 10.1. The quantitative estimate of drug-likeness (QED) is 0.105. The molecule has 0 radical (unpaired) electrons. The third-order valence-corrected chi connectivity index (χ3v) is 5.85. The van der Waals surface area contributed by atoms with E-state index in [4.69, 9.17) is 20.8 Å². The Labute approximate surface area is 232 Å². The highest BCUT2D eigenvalue weighted by Crippen LogP contribution is 2.23. The molecule has 5 rings (SSSR count). The number of ether oxygens (including phenoxy) is 1. The Hall–Kier alpha value is -4.37. The molecule has 0 amide bonds. The van der Waals surface area contributed by atoms with Gasteiger partial charge >= 0.3 is 13.2 Å². The van der Waals surface area contributed by atoms with Crippen molar-refractivity contribution >= 4 is 41.5 Å². The number of esters is 1. The van der Waals surface area contributed by atoms with E-state index in [0.717, 1.165) is 38.9 Å². The second-order valence-corrected chi connectivity index (χ2v) is 9.07. The molecule has 5 aromatic rings. The average Bonchev–Trinajstić information content (AvgIpc) is 2.93. The standard InChI is InChI=1S/C30H22ClNO3.BF4/c31-23-12-17-28-26(19-23)27(20-29(35-28)22-9-5-2-6-10-22)32-24-13-15-25(16-14-24)34-30(33)18-11-21-7-3-1-4-8-21;2-1(3,4)5/h1-10,12-17,19-20H,11,18H2;/q;-1/p+1. The molecular weight excluding hydrogens is 545 g/mol. The Morgan fingerprint density at radius 2 is 1.45 bits per heavy atom. The van der Waals surface area contributed by atoms with Crippen LogP contribution in [0.2, 0.25) is 5.02 Å². The number of benzene rings is 4. The van der Waals surface area contributed by atoms with Crippen LogP contribution in [0.4, 0.5) is 23.0 Å². The first-order valence-corrected chi connectivity index (χ1v) is 12.6. The molecule has 0 atom stereocenters. The molecule has 4 aromatic carbocycles. The lowest BCUT2D eigenvalue weighted by Crippen LogP contribution is -2.70. The fraction of sp³-hybridized carbons (Fsp3) is 0.0667. The molecule has 0 aliphatic heterocycles. The number of rotatable bonds is 6. The number of halogens is 5. The van der Waals surface area contributed by atoms with Crippen LogP contribution in [-0.4, -0.2) is 13.2 Å². The molecule has 204 valence electrons. The van der Waals surface area contributed by atoms with Crippen LogP contribution in [0.5, 0.6) is 5.75 Å². The van der Waals surface area contributed by atoms with E-state index in [9.17, 15) is 22.1 Å². The summed E-state index contributed by atoms with van der Waals surface area (Å²) >= 11 is 6.27. The average molecular weight is 568 g/mol. The van der Waals surface area contributed by atoms with E-state index in [2.05, 4.69) is 4.99 Å². The summed E-state index contributed by atoms with van der Waals surface area (Å²) in [6, 6.07) is 34.7. The highest BCUT2D eigenvalue weighted by molar-refractivity contribution is 6.50. The van der Waals surface area contributed by atoms with Crippen molar-refractivity contribution in [3.05, 3.63) is 125 Å². The zero-order chi connectivity index (χ0) is 28.5. The van der Waals surface area contributed by atoms with Crippen molar-refractivity contribution in [2.24, 2.45) is 0 Å². The van der Waals surface area contributed by atoms with Gasteiger partial charge in [-0.15, -0.1) is 0 Å². The number of fused-ring (bicyclic) bond motifs is 1. The first kappa shape index (κ1) is 28.6. The maximum atomic E-state index is 12.3. The summed E-state index contributed by atoms with van der Waals surface area (Å²) in [7, 11) is -6.00. The third-order valence-electron chi connectivity index (χ3n) is 5.61. The first-order chi connectivity index (χ1) is 19.1. The van der Waals surface area contributed by atoms with Crippen LogP contribution in [0.1, 0.15) is 12.0 Å². The molecule has 0 unspecified atom stereocenters. The van der Waals surface area contributed by atoms with Gasteiger partial charge in [0.15, 0.2) is 0 Å². The van der Waals surface area contributed by atoms with Gasteiger partial charge in [0.1, 0.15) is 17.1 Å². The second-order valence-electron chi connectivity index (χ2n) is 8.63. The fourth-order valence-corrected chi connectivity index (χ4v) is 4.01. The summed E-state index contributed by atoms with van der Waals surface area (Å²) in [6.45, 7) is 0. The predicted octanol–water partition coefficient (Wildman–Crippen LogP) is 6.90. The maximum Gasteiger partial charge on any atom is 0.673 e. The van der Waals surface area contributed by atoms with E-state index in [1.807, 2.05) is 97.1 Å². The number of hydrogen-bond acceptors (Lipinski definition) is 3. The van der Waals surface area contributed by atoms with Gasteiger partial charge in [0, 0.05) is 29.1 Å². The summed E-state index contributed by atoms with van der Waals surface area (Å²) in [5, 5.41) is 2.36. The van der Waals surface area contributed by atoms with Gasteiger partial charge in [-0.1, -0.05) is 72.3 Å². The summed E-state index contributed by atoms with van der Waals surface area (Å²) in [4.78, 5) is 15.7. The molecule has 0 bridgehead atoms. The number of carbonyl (C=O) groups is 1. The minimum absolute atomic E-state index is 0.257. The van der Waals surface area contributed by atoms with Gasteiger partial charge in [0.25, 0.3) is 0 Å². The predicted molar refractivity (Wildman–Crippen MR) is 147 cm³/mol. The van der Waals surface area contributed by atoms with E-state index in [0.29, 0.717) is 23.6 Å². The van der Waals surface area contributed by atoms with Gasteiger partial charge in [-0.25, -0.2) is 4.99 Å². The molecule has 0 aliphatic carbocycles. The molecule has 1 N–H and O–H groups in total. The summed E-state index contributed by atoms with van der Waals surface area (Å²) in [6.07, 6.45) is 0.976. The Balaban J connectivity index is 0.000000681. The summed E-state index contributed by atoms with van der Waals surface area (Å²) in [5.41, 5.74) is 3.66. The summed E-state index contributed by atoms with van der Waals surface area (Å²) in [5.74, 6) is 0.994. The van der Waals surface area contributed by atoms with Crippen molar-refractivity contribution in [1.82, 2.24) is 0 Å². The SMILES string of the molecule is F[B-](F)(F)F.O=C(CCc1ccccc1)Oc1ccc([NH+]=c2cc(-c3ccccc3)oc3ccc(Cl)cc23)cc1. The van der Waals surface area contributed by atoms with Crippen molar-refractivity contribution < 1.29 is 36.2 Å². The third kappa shape index (κ3) is 8.85. The van der Waals surface area contributed by atoms with E-state index in [-0.39, 0.29) is 5.97 Å². The lowest BCUT2D eigenvalue weighted by Gasteiger charge is -2.04. The highest BCUT2D eigenvalue weighted by atomic mass is 35.5. The molecule has 1 heterocycles. The van der Waals surface area contributed by atoms with E-state index < -0.39 is 7.25 Å². The van der Waals surface area contributed by atoms with Gasteiger partial charge in [-0.3, -0.25) is 4.79 Å². The largest absolute Gasteiger partial charge is 0.673 e. The van der Waals surface area contributed by atoms with Gasteiger partial charge in [0.2, 0.25) is 11.0 Å².